The summed E-state index contributed by atoms with van der Waals surface area (Å²) >= 11 is 0. The minimum atomic E-state index is -0.224. The molecular weight excluding hydrogens is 713 g/mol. The number of rotatable bonds is 7. The van der Waals surface area contributed by atoms with Gasteiger partial charge in [0.2, 0.25) is 0 Å². The van der Waals surface area contributed by atoms with Gasteiger partial charge in [0.15, 0.2) is 0 Å². The second-order valence-corrected chi connectivity index (χ2v) is 16.2. The van der Waals surface area contributed by atoms with Gasteiger partial charge < -0.3 is 9.47 Å². The van der Waals surface area contributed by atoms with Crippen LogP contribution in [-0.4, -0.2) is 4.57 Å². The molecule has 0 N–H and O–H groups in total. The fraction of sp³-hybridized carbons (Fsp3) is 0.0526. The predicted molar refractivity (Wildman–Crippen MR) is 249 cm³/mol. The molecule has 2 heteroatoms. The lowest BCUT2D eigenvalue weighted by atomic mass is 9.81. The van der Waals surface area contributed by atoms with E-state index in [2.05, 4.69) is 242 Å². The fourth-order valence-corrected chi connectivity index (χ4v) is 9.44. The lowest BCUT2D eigenvalue weighted by molar-refractivity contribution is 0.660. The third kappa shape index (κ3) is 5.79. The van der Waals surface area contributed by atoms with Gasteiger partial charge in [0, 0.05) is 38.8 Å². The summed E-state index contributed by atoms with van der Waals surface area (Å²) < 4.78 is 2.44. The highest BCUT2D eigenvalue weighted by atomic mass is 15.1. The van der Waals surface area contributed by atoms with Crippen molar-refractivity contribution < 1.29 is 0 Å². The van der Waals surface area contributed by atoms with Crippen molar-refractivity contribution in [3.63, 3.8) is 0 Å². The number of anilines is 3. The van der Waals surface area contributed by atoms with Crippen LogP contribution in [0, 0.1) is 0 Å². The van der Waals surface area contributed by atoms with Crippen LogP contribution in [-0.2, 0) is 5.41 Å². The van der Waals surface area contributed by atoms with Gasteiger partial charge in [-0.05, 0) is 111 Å². The van der Waals surface area contributed by atoms with Crippen molar-refractivity contribution in [2.45, 2.75) is 19.3 Å². The zero-order valence-electron chi connectivity index (χ0n) is 33.2. The Balaban J connectivity index is 1.00. The summed E-state index contributed by atoms with van der Waals surface area (Å²) in [4.78, 5) is 2.40. The first kappa shape index (κ1) is 34.8. The van der Waals surface area contributed by atoms with E-state index in [0.717, 1.165) is 17.1 Å². The van der Waals surface area contributed by atoms with E-state index < -0.39 is 0 Å². The van der Waals surface area contributed by atoms with E-state index in [1.807, 2.05) is 0 Å². The largest absolute Gasteiger partial charge is 0.310 e. The smallest absolute Gasteiger partial charge is 0.0541 e. The first-order chi connectivity index (χ1) is 29.0. The highest BCUT2D eigenvalue weighted by molar-refractivity contribution is 6.09. The lowest BCUT2D eigenvalue weighted by Gasteiger charge is -2.28. The van der Waals surface area contributed by atoms with E-state index >= 15 is 0 Å². The molecule has 0 aliphatic heterocycles. The summed E-state index contributed by atoms with van der Waals surface area (Å²) in [7, 11) is 0. The maximum Gasteiger partial charge on any atom is 0.0541 e. The maximum atomic E-state index is 2.45. The summed E-state index contributed by atoms with van der Waals surface area (Å²) in [5.74, 6) is 0. The molecule has 0 saturated carbocycles. The molecule has 280 valence electrons. The molecule has 1 aromatic heterocycles. The quantitative estimate of drug-likeness (QED) is 0.157. The molecule has 0 unspecified atom stereocenters. The van der Waals surface area contributed by atoms with Crippen molar-refractivity contribution in [2.75, 3.05) is 4.90 Å². The van der Waals surface area contributed by atoms with Gasteiger partial charge in [0.05, 0.1) is 16.7 Å². The van der Waals surface area contributed by atoms with E-state index in [-0.39, 0.29) is 5.41 Å². The van der Waals surface area contributed by atoms with E-state index in [9.17, 15) is 0 Å². The number of nitrogens with zero attached hydrogens (tertiary/aromatic N) is 2. The Morgan fingerprint density at radius 1 is 0.339 bits per heavy atom. The summed E-state index contributed by atoms with van der Waals surface area (Å²) in [5.41, 5.74) is 19.4. The van der Waals surface area contributed by atoms with Crippen molar-refractivity contribution in [3.05, 3.63) is 230 Å². The second kappa shape index (κ2) is 13.9. The molecule has 59 heavy (non-hydrogen) atoms. The van der Waals surface area contributed by atoms with Crippen LogP contribution in [0.4, 0.5) is 17.1 Å². The number of para-hydroxylation sites is 3. The van der Waals surface area contributed by atoms with Gasteiger partial charge in [0.25, 0.3) is 0 Å². The van der Waals surface area contributed by atoms with Crippen LogP contribution in [0.15, 0.2) is 218 Å². The Morgan fingerprint density at radius 3 is 1.34 bits per heavy atom. The molecule has 0 bridgehead atoms. The van der Waals surface area contributed by atoms with Crippen molar-refractivity contribution >= 4 is 38.9 Å². The fourth-order valence-electron chi connectivity index (χ4n) is 9.44. The van der Waals surface area contributed by atoms with Crippen LogP contribution in [0.3, 0.4) is 0 Å². The molecule has 1 aliphatic carbocycles. The molecule has 2 nitrogen and oxygen atoms in total. The zero-order valence-corrected chi connectivity index (χ0v) is 33.2. The van der Waals surface area contributed by atoms with Crippen LogP contribution in [0.5, 0.6) is 0 Å². The minimum Gasteiger partial charge on any atom is -0.310 e. The van der Waals surface area contributed by atoms with Crippen LogP contribution in [0.1, 0.15) is 25.0 Å². The average Bonchev–Trinajstić information content (AvgIpc) is 3.75. The van der Waals surface area contributed by atoms with Crippen LogP contribution < -0.4 is 4.90 Å². The van der Waals surface area contributed by atoms with Gasteiger partial charge in [0.1, 0.15) is 0 Å². The SMILES string of the molecule is CC1(C)c2cc(-c3ccccc3-n3c4ccccc4c4ccccc43)ccc2-c2ccc(N(c3ccc(-c4ccccc4)cc3)c3ccc(-c4ccccc4)cc3)cc21. The Hall–Kier alpha value is -7.42. The zero-order chi connectivity index (χ0) is 39.5. The predicted octanol–water partition coefficient (Wildman–Crippen LogP) is 15.6. The molecule has 0 atom stereocenters. The van der Waals surface area contributed by atoms with Gasteiger partial charge >= 0.3 is 0 Å². The normalized spacial score (nSPS) is 12.7. The minimum absolute atomic E-state index is 0.224. The van der Waals surface area contributed by atoms with Gasteiger partial charge in [-0.3, -0.25) is 0 Å². The highest BCUT2D eigenvalue weighted by Crippen LogP contribution is 2.52. The van der Waals surface area contributed by atoms with Crippen molar-refractivity contribution in [1.82, 2.24) is 4.57 Å². The molecule has 0 spiro atoms. The molecule has 10 aromatic rings. The van der Waals surface area contributed by atoms with Gasteiger partial charge in [-0.2, -0.15) is 0 Å². The summed E-state index contributed by atoms with van der Waals surface area (Å²) in [5, 5.41) is 2.54. The second-order valence-electron chi connectivity index (χ2n) is 16.2. The van der Waals surface area contributed by atoms with Crippen molar-refractivity contribution in [1.29, 1.82) is 0 Å². The Labute approximate surface area is 345 Å². The Morgan fingerprint density at radius 2 is 0.763 bits per heavy atom. The van der Waals surface area contributed by atoms with E-state index in [1.165, 1.54) is 83.1 Å². The Bertz CT molecular complexity index is 3020. The monoisotopic (exact) mass is 754 g/mol. The molecular formula is C57H42N2. The summed E-state index contributed by atoms with van der Waals surface area (Å²) in [6.45, 7) is 4.77. The van der Waals surface area contributed by atoms with E-state index in [4.69, 9.17) is 0 Å². The van der Waals surface area contributed by atoms with E-state index in [0.29, 0.717) is 0 Å². The molecule has 1 heterocycles. The van der Waals surface area contributed by atoms with Crippen LogP contribution >= 0.6 is 0 Å². The average molecular weight is 755 g/mol. The van der Waals surface area contributed by atoms with Crippen LogP contribution in [0.2, 0.25) is 0 Å². The first-order valence-electron chi connectivity index (χ1n) is 20.5. The first-order valence-corrected chi connectivity index (χ1v) is 20.5. The van der Waals surface area contributed by atoms with Crippen LogP contribution in [0.25, 0.3) is 72.0 Å². The third-order valence-electron chi connectivity index (χ3n) is 12.4. The maximum absolute atomic E-state index is 2.45. The molecule has 0 radical (unpaired) electrons. The Kier molecular flexibility index (Phi) is 8.20. The number of hydrogen-bond acceptors (Lipinski definition) is 1. The van der Waals surface area contributed by atoms with Gasteiger partial charge in [-0.1, -0.05) is 172 Å². The lowest BCUT2D eigenvalue weighted by Crippen LogP contribution is -2.16. The molecule has 11 rings (SSSR count). The molecule has 1 aliphatic rings. The number of benzene rings is 9. The van der Waals surface area contributed by atoms with Gasteiger partial charge in [-0.25, -0.2) is 0 Å². The van der Waals surface area contributed by atoms with E-state index in [1.54, 1.807) is 0 Å². The summed E-state index contributed by atoms with van der Waals surface area (Å²) in [6, 6.07) is 79.7. The number of hydrogen-bond donors (Lipinski definition) is 0. The molecule has 0 fully saturated rings. The summed E-state index contributed by atoms with van der Waals surface area (Å²) in [6.07, 6.45) is 0. The molecule has 9 aromatic carbocycles. The standard InChI is InChI=1S/C57H42N2/c1-57(2)52-37-43(47-19-9-12-22-54(47)59-55-23-13-10-20-50(55)51-21-11-14-24-56(51)59)29-35-48(52)49-36-34-46(38-53(49)57)58(44-30-25-41(26-31-44)39-15-5-3-6-16-39)45-32-27-42(28-33-45)40-17-7-4-8-18-40/h3-38H,1-2H3. The third-order valence-corrected chi connectivity index (χ3v) is 12.4. The van der Waals surface area contributed by atoms with Crippen molar-refractivity contribution in [3.8, 4) is 50.2 Å². The van der Waals surface area contributed by atoms with Crippen molar-refractivity contribution in [2.24, 2.45) is 0 Å². The number of fused-ring (bicyclic) bond motifs is 6. The number of aromatic nitrogens is 1. The van der Waals surface area contributed by atoms with Gasteiger partial charge in [-0.15, -0.1) is 0 Å². The highest BCUT2D eigenvalue weighted by Gasteiger charge is 2.36. The topological polar surface area (TPSA) is 8.17 Å². The molecule has 0 amide bonds. The molecule has 0 saturated heterocycles.